The molecule has 0 spiro atoms. The number of hydrogen-bond donors (Lipinski definition) is 1. The summed E-state index contributed by atoms with van der Waals surface area (Å²) in [6.07, 6.45) is 0. The van der Waals surface area contributed by atoms with E-state index >= 15 is 0 Å². The Labute approximate surface area is 68.0 Å². The number of hydrogen-bond acceptors (Lipinski definition) is 3. The predicted octanol–water partition coefficient (Wildman–Crippen LogP) is 1.46. The van der Waals surface area contributed by atoms with E-state index in [9.17, 15) is 0 Å². The van der Waals surface area contributed by atoms with E-state index in [0.29, 0.717) is 4.80 Å². The minimum atomic E-state index is 0.551. The normalized spacial score (nSPS) is 10.3. The smallest absolute Gasteiger partial charge is 0.264 e. The van der Waals surface area contributed by atoms with Crippen LogP contribution in [0.4, 0.5) is 0 Å². The van der Waals surface area contributed by atoms with Gasteiger partial charge in [0.15, 0.2) is 0 Å². The van der Waals surface area contributed by atoms with E-state index < -0.39 is 0 Å². The summed E-state index contributed by atoms with van der Waals surface area (Å²) < 4.78 is 5.20. The van der Waals surface area contributed by atoms with Gasteiger partial charge in [-0.15, -0.1) is 0 Å². The fourth-order valence-electron chi connectivity index (χ4n) is 0.717. The van der Waals surface area contributed by atoms with Crippen molar-refractivity contribution >= 4 is 15.9 Å². The van der Waals surface area contributed by atoms with E-state index in [2.05, 4.69) is 26.2 Å². The SMILES string of the molecule is CNCc1oc(Br)nc1C. The van der Waals surface area contributed by atoms with Gasteiger partial charge in [-0.3, -0.25) is 0 Å². The summed E-state index contributed by atoms with van der Waals surface area (Å²) in [5.41, 5.74) is 0.932. The van der Waals surface area contributed by atoms with Crippen LogP contribution in [0, 0.1) is 6.92 Å². The third-order valence-corrected chi connectivity index (χ3v) is 1.54. The van der Waals surface area contributed by atoms with Gasteiger partial charge in [-0.2, -0.15) is 0 Å². The molecule has 0 saturated carbocycles. The highest BCUT2D eigenvalue weighted by Crippen LogP contribution is 2.14. The van der Waals surface area contributed by atoms with Crippen LogP contribution in [0.3, 0.4) is 0 Å². The van der Waals surface area contributed by atoms with Crippen LogP contribution in [0.2, 0.25) is 0 Å². The maximum absolute atomic E-state index is 5.20. The van der Waals surface area contributed by atoms with Crippen molar-refractivity contribution in [3.8, 4) is 0 Å². The molecular weight excluding hydrogens is 196 g/mol. The predicted molar refractivity (Wildman–Crippen MR) is 41.7 cm³/mol. The molecule has 0 bridgehead atoms. The number of oxazole rings is 1. The molecule has 1 N–H and O–H groups in total. The highest BCUT2D eigenvalue weighted by molar-refractivity contribution is 9.10. The van der Waals surface area contributed by atoms with Crippen LogP contribution in [0.25, 0.3) is 0 Å². The molecule has 10 heavy (non-hydrogen) atoms. The highest BCUT2D eigenvalue weighted by Gasteiger charge is 2.04. The summed E-state index contributed by atoms with van der Waals surface area (Å²) in [6, 6.07) is 0. The van der Waals surface area contributed by atoms with Gasteiger partial charge in [-0.05, 0) is 14.0 Å². The molecule has 1 rings (SSSR count). The lowest BCUT2D eigenvalue weighted by atomic mass is 10.4. The van der Waals surface area contributed by atoms with Crippen LogP contribution in [-0.4, -0.2) is 12.0 Å². The molecule has 1 aromatic heterocycles. The first-order chi connectivity index (χ1) is 4.74. The van der Waals surface area contributed by atoms with Crippen LogP contribution < -0.4 is 5.32 Å². The second-order valence-electron chi connectivity index (χ2n) is 2.01. The second kappa shape index (κ2) is 3.16. The molecule has 56 valence electrons. The first-order valence-corrected chi connectivity index (χ1v) is 3.79. The molecule has 0 aromatic carbocycles. The minimum absolute atomic E-state index is 0.551. The van der Waals surface area contributed by atoms with Crippen molar-refractivity contribution in [1.82, 2.24) is 10.3 Å². The van der Waals surface area contributed by atoms with E-state index in [1.807, 2.05) is 14.0 Å². The average Bonchev–Trinajstić information content (AvgIpc) is 2.13. The summed E-state index contributed by atoms with van der Waals surface area (Å²) >= 11 is 3.15. The van der Waals surface area contributed by atoms with Gasteiger partial charge >= 0.3 is 0 Å². The summed E-state index contributed by atoms with van der Waals surface area (Å²) in [7, 11) is 1.87. The molecule has 3 nitrogen and oxygen atoms in total. The minimum Gasteiger partial charge on any atom is -0.435 e. The number of nitrogens with zero attached hydrogens (tertiary/aromatic N) is 1. The number of aryl methyl sites for hydroxylation is 1. The van der Waals surface area contributed by atoms with Gasteiger partial charge in [0.2, 0.25) is 0 Å². The molecule has 0 aliphatic rings. The molecule has 0 aliphatic heterocycles. The molecule has 0 aliphatic carbocycles. The number of halogens is 1. The van der Waals surface area contributed by atoms with Gasteiger partial charge in [0, 0.05) is 15.9 Å². The Balaban J connectivity index is 2.81. The molecule has 0 saturated heterocycles. The van der Waals surface area contributed by atoms with E-state index in [1.54, 1.807) is 0 Å². The Hall–Kier alpha value is -0.350. The van der Waals surface area contributed by atoms with Gasteiger partial charge in [0.1, 0.15) is 5.76 Å². The lowest BCUT2D eigenvalue weighted by molar-refractivity contribution is 0.467. The molecule has 0 unspecified atom stereocenters. The highest BCUT2D eigenvalue weighted by atomic mass is 79.9. The zero-order valence-electron chi connectivity index (χ0n) is 5.94. The maximum atomic E-state index is 5.20. The molecule has 0 radical (unpaired) electrons. The Bertz CT molecular complexity index is 222. The second-order valence-corrected chi connectivity index (χ2v) is 2.68. The van der Waals surface area contributed by atoms with Crippen LogP contribution in [-0.2, 0) is 6.54 Å². The first-order valence-electron chi connectivity index (χ1n) is 3.00. The number of aromatic nitrogens is 1. The van der Waals surface area contributed by atoms with Crippen molar-refractivity contribution in [2.45, 2.75) is 13.5 Å². The van der Waals surface area contributed by atoms with Crippen LogP contribution >= 0.6 is 15.9 Å². The standard InChI is InChI=1S/C6H9BrN2O/c1-4-5(3-8-2)10-6(7)9-4/h8H,3H2,1-2H3. The van der Waals surface area contributed by atoms with Crippen LogP contribution in [0.5, 0.6) is 0 Å². The lowest BCUT2D eigenvalue weighted by Gasteiger charge is -1.92. The van der Waals surface area contributed by atoms with E-state index in [0.717, 1.165) is 18.0 Å². The summed E-state index contributed by atoms with van der Waals surface area (Å²) in [6.45, 7) is 2.64. The fraction of sp³-hybridized carbons (Fsp3) is 0.500. The molecule has 0 fully saturated rings. The topological polar surface area (TPSA) is 38.1 Å². The van der Waals surface area contributed by atoms with Crippen molar-refractivity contribution < 1.29 is 4.42 Å². The van der Waals surface area contributed by atoms with Crippen molar-refractivity contribution in [2.75, 3.05) is 7.05 Å². The molecule has 0 atom stereocenters. The Morgan fingerprint density at radius 1 is 1.70 bits per heavy atom. The van der Waals surface area contributed by atoms with E-state index in [4.69, 9.17) is 4.42 Å². The van der Waals surface area contributed by atoms with Gasteiger partial charge in [-0.1, -0.05) is 0 Å². The quantitative estimate of drug-likeness (QED) is 0.794. The van der Waals surface area contributed by atoms with E-state index in [1.165, 1.54) is 0 Å². The summed E-state index contributed by atoms with van der Waals surface area (Å²) in [5.74, 6) is 0.884. The number of nitrogens with one attached hydrogen (secondary N) is 1. The molecular formula is C6H9BrN2O. The fourth-order valence-corrected chi connectivity index (χ4v) is 1.18. The van der Waals surface area contributed by atoms with Crippen LogP contribution in [0.1, 0.15) is 11.5 Å². The van der Waals surface area contributed by atoms with Crippen molar-refractivity contribution in [1.29, 1.82) is 0 Å². The van der Waals surface area contributed by atoms with Gasteiger partial charge in [-0.25, -0.2) is 4.98 Å². The van der Waals surface area contributed by atoms with Crippen molar-refractivity contribution in [2.24, 2.45) is 0 Å². The third kappa shape index (κ3) is 1.58. The Morgan fingerprint density at radius 3 is 2.80 bits per heavy atom. The molecule has 4 heteroatoms. The van der Waals surface area contributed by atoms with Gasteiger partial charge in [0.05, 0.1) is 12.2 Å². The number of rotatable bonds is 2. The third-order valence-electron chi connectivity index (χ3n) is 1.20. The Morgan fingerprint density at radius 2 is 2.40 bits per heavy atom. The molecule has 1 aromatic rings. The van der Waals surface area contributed by atoms with Crippen molar-refractivity contribution in [3.63, 3.8) is 0 Å². The maximum Gasteiger partial charge on any atom is 0.264 e. The van der Waals surface area contributed by atoms with Crippen molar-refractivity contribution in [3.05, 3.63) is 16.3 Å². The largest absolute Gasteiger partial charge is 0.435 e. The van der Waals surface area contributed by atoms with Gasteiger partial charge in [0.25, 0.3) is 4.80 Å². The monoisotopic (exact) mass is 204 g/mol. The lowest BCUT2D eigenvalue weighted by Crippen LogP contribution is -2.04. The van der Waals surface area contributed by atoms with E-state index in [-0.39, 0.29) is 0 Å². The zero-order chi connectivity index (χ0) is 7.56. The average molecular weight is 205 g/mol. The van der Waals surface area contributed by atoms with Crippen LogP contribution in [0.15, 0.2) is 9.22 Å². The zero-order valence-corrected chi connectivity index (χ0v) is 7.53. The van der Waals surface area contributed by atoms with Gasteiger partial charge < -0.3 is 9.73 Å². The first kappa shape index (κ1) is 7.75. The molecule has 0 amide bonds. The Kier molecular flexibility index (Phi) is 2.45. The summed E-state index contributed by atoms with van der Waals surface area (Å²) in [4.78, 5) is 4.59. The summed E-state index contributed by atoms with van der Waals surface area (Å²) in [5, 5.41) is 2.98. The molecule has 1 heterocycles.